The summed E-state index contributed by atoms with van der Waals surface area (Å²) in [7, 11) is 0. The molecule has 4 heteroatoms. The highest BCUT2D eigenvalue weighted by atomic mass is 15.1. The second-order valence-corrected chi connectivity index (χ2v) is 4.56. The predicted octanol–water partition coefficient (Wildman–Crippen LogP) is 2.94. The van der Waals surface area contributed by atoms with Crippen molar-refractivity contribution in [3.8, 4) is 5.82 Å². The number of benzene rings is 1. The second kappa shape index (κ2) is 4.22. The second-order valence-electron chi connectivity index (χ2n) is 4.56. The number of fused-ring (bicyclic) bond motifs is 1. The molecule has 0 aliphatic rings. The van der Waals surface area contributed by atoms with E-state index < -0.39 is 0 Å². The van der Waals surface area contributed by atoms with E-state index in [4.69, 9.17) is 0 Å². The molecule has 2 heterocycles. The van der Waals surface area contributed by atoms with Gasteiger partial charge in [0, 0.05) is 11.8 Å². The summed E-state index contributed by atoms with van der Waals surface area (Å²) in [6.45, 7) is 4.25. The molecule has 18 heavy (non-hydrogen) atoms. The molecule has 4 nitrogen and oxygen atoms in total. The summed E-state index contributed by atoms with van der Waals surface area (Å²) in [5.74, 6) is 1.25. The van der Waals surface area contributed by atoms with Crippen LogP contribution in [0.4, 0.5) is 0 Å². The van der Waals surface area contributed by atoms with Crippen molar-refractivity contribution in [3.63, 3.8) is 0 Å². The van der Waals surface area contributed by atoms with Crippen molar-refractivity contribution >= 4 is 11.0 Å². The SMILES string of the molecule is CC(C)c1cc(-n2cnc3ccccc32)ncn1. The van der Waals surface area contributed by atoms with E-state index in [9.17, 15) is 0 Å². The van der Waals surface area contributed by atoms with Crippen molar-refractivity contribution in [3.05, 3.63) is 48.7 Å². The Bertz CT molecular complexity index is 685. The number of hydrogen-bond acceptors (Lipinski definition) is 3. The molecule has 0 saturated carbocycles. The first kappa shape index (κ1) is 10.9. The first-order valence-corrected chi connectivity index (χ1v) is 6.00. The lowest BCUT2D eigenvalue weighted by Gasteiger charge is -2.07. The van der Waals surface area contributed by atoms with E-state index in [0.29, 0.717) is 5.92 Å². The van der Waals surface area contributed by atoms with Crippen LogP contribution in [0, 0.1) is 0 Å². The van der Waals surface area contributed by atoms with Crippen molar-refractivity contribution in [2.24, 2.45) is 0 Å². The number of nitrogens with zero attached hydrogens (tertiary/aromatic N) is 4. The highest BCUT2D eigenvalue weighted by Gasteiger charge is 2.07. The maximum atomic E-state index is 4.37. The molecular formula is C14H14N4. The van der Waals surface area contributed by atoms with E-state index in [2.05, 4.69) is 28.8 Å². The molecule has 0 saturated heterocycles. The fraction of sp³-hybridized carbons (Fsp3) is 0.214. The minimum Gasteiger partial charge on any atom is -0.283 e. The van der Waals surface area contributed by atoms with E-state index in [1.54, 1.807) is 12.7 Å². The summed E-state index contributed by atoms with van der Waals surface area (Å²) >= 11 is 0. The lowest BCUT2D eigenvalue weighted by atomic mass is 10.1. The normalized spacial score (nSPS) is 11.3. The summed E-state index contributed by atoms with van der Waals surface area (Å²) in [5.41, 5.74) is 3.07. The molecule has 3 rings (SSSR count). The van der Waals surface area contributed by atoms with Crippen LogP contribution >= 0.6 is 0 Å². The quantitative estimate of drug-likeness (QED) is 0.689. The molecule has 0 amide bonds. The van der Waals surface area contributed by atoms with Gasteiger partial charge in [0.1, 0.15) is 18.5 Å². The average molecular weight is 238 g/mol. The molecule has 0 N–H and O–H groups in total. The van der Waals surface area contributed by atoms with Crippen molar-refractivity contribution in [2.45, 2.75) is 19.8 Å². The van der Waals surface area contributed by atoms with Gasteiger partial charge in [0.2, 0.25) is 0 Å². The standard InChI is InChI=1S/C14H14N4/c1-10(2)12-7-14(16-8-15-12)18-9-17-11-5-3-4-6-13(11)18/h3-10H,1-2H3. The third-order valence-electron chi connectivity index (χ3n) is 2.97. The summed E-state index contributed by atoms with van der Waals surface area (Å²) < 4.78 is 1.99. The fourth-order valence-corrected chi connectivity index (χ4v) is 1.95. The van der Waals surface area contributed by atoms with Crippen molar-refractivity contribution in [1.29, 1.82) is 0 Å². The Morgan fingerprint density at radius 1 is 1.06 bits per heavy atom. The predicted molar refractivity (Wildman–Crippen MR) is 70.7 cm³/mol. The number of para-hydroxylation sites is 2. The Morgan fingerprint density at radius 3 is 2.72 bits per heavy atom. The molecule has 0 atom stereocenters. The van der Waals surface area contributed by atoms with Gasteiger partial charge in [-0.25, -0.2) is 15.0 Å². The van der Waals surface area contributed by atoms with Gasteiger partial charge in [-0.05, 0) is 18.1 Å². The lowest BCUT2D eigenvalue weighted by molar-refractivity contribution is 0.806. The van der Waals surface area contributed by atoms with E-state index in [-0.39, 0.29) is 0 Å². The molecule has 0 radical (unpaired) electrons. The van der Waals surface area contributed by atoms with Crippen molar-refractivity contribution < 1.29 is 0 Å². The third-order valence-corrected chi connectivity index (χ3v) is 2.97. The number of imidazole rings is 1. The van der Waals surface area contributed by atoms with Crippen LogP contribution in [0.5, 0.6) is 0 Å². The van der Waals surface area contributed by atoms with Gasteiger partial charge in [-0.1, -0.05) is 26.0 Å². The Hall–Kier alpha value is -2.23. The van der Waals surface area contributed by atoms with Crippen molar-refractivity contribution in [2.75, 3.05) is 0 Å². The van der Waals surface area contributed by atoms with Crippen LogP contribution in [-0.2, 0) is 0 Å². The molecule has 90 valence electrons. The van der Waals surface area contributed by atoms with Gasteiger partial charge in [0.15, 0.2) is 0 Å². The molecule has 0 unspecified atom stereocenters. The number of hydrogen-bond donors (Lipinski definition) is 0. The van der Waals surface area contributed by atoms with E-state index in [1.807, 2.05) is 34.9 Å². The summed E-state index contributed by atoms with van der Waals surface area (Å²) in [6, 6.07) is 10.0. The minimum atomic E-state index is 0.390. The Balaban J connectivity index is 2.17. The van der Waals surface area contributed by atoms with Crippen LogP contribution in [0.1, 0.15) is 25.5 Å². The van der Waals surface area contributed by atoms with Crippen LogP contribution < -0.4 is 0 Å². The van der Waals surface area contributed by atoms with Gasteiger partial charge < -0.3 is 0 Å². The Kier molecular flexibility index (Phi) is 2.55. The molecule has 0 aliphatic carbocycles. The molecular weight excluding hydrogens is 224 g/mol. The molecule has 3 aromatic rings. The molecule has 0 spiro atoms. The van der Waals surface area contributed by atoms with Gasteiger partial charge in [-0.15, -0.1) is 0 Å². The monoisotopic (exact) mass is 238 g/mol. The smallest absolute Gasteiger partial charge is 0.142 e. The van der Waals surface area contributed by atoms with Crippen LogP contribution in [-0.4, -0.2) is 19.5 Å². The maximum Gasteiger partial charge on any atom is 0.142 e. The first-order valence-electron chi connectivity index (χ1n) is 6.00. The molecule has 0 bridgehead atoms. The van der Waals surface area contributed by atoms with Gasteiger partial charge in [0.05, 0.1) is 11.0 Å². The van der Waals surface area contributed by atoms with Gasteiger partial charge >= 0.3 is 0 Å². The maximum absolute atomic E-state index is 4.37. The zero-order valence-corrected chi connectivity index (χ0v) is 10.4. The third kappa shape index (κ3) is 1.76. The fourth-order valence-electron chi connectivity index (χ4n) is 1.95. The lowest BCUT2D eigenvalue weighted by Crippen LogP contribution is -2.00. The zero-order chi connectivity index (χ0) is 12.5. The highest BCUT2D eigenvalue weighted by Crippen LogP contribution is 2.18. The summed E-state index contributed by atoms with van der Waals surface area (Å²) in [4.78, 5) is 13.0. The van der Waals surface area contributed by atoms with Crippen LogP contribution in [0.25, 0.3) is 16.9 Å². The van der Waals surface area contributed by atoms with E-state index >= 15 is 0 Å². The Labute approximate surface area is 105 Å². The zero-order valence-electron chi connectivity index (χ0n) is 10.4. The van der Waals surface area contributed by atoms with Crippen LogP contribution in [0.3, 0.4) is 0 Å². The van der Waals surface area contributed by atoms with Crippen molar-refractivity contribution in [1.82, 2.24) is 19.5 Å². The Morgan fingerprint density at radius 2 is 1.89 bits per heavy atom. The molecule has 0 aliphatic heterocycles. The molecule has 2 aromatic heterocycles. The largest absolute Gasteiger partial charge is 0.283 e. The number of rotatable bonds is 2. The minimum absolute atomic E-state index is 0.390. The van der Waals surface area contributed by atoms with Crippen LogP contribution in [0.2, 0.25) is 0 Å². The highest BCUT2D eigenvalue weighted by molar-refractivity contribution is 5.76. The summed E-state index contributed by atoms with van der Waals surface area (Å²) in [6.07, 6.45) is 3.41. The van der Waals surface area contributed by atoms with Crippen LogP contribution in [0.15, 0.2) is 43.0 Å². The molecule has 0 fully saturated rings. The van der Waals surface area contributed by atoms with E-state index in [1.165, 1.54) is 0 Å². The topological polar surface area (TPSA) is 43.6 Å². The molecule has 1 aromatic carbocycles. The number of aromatic nitrogens is 4. The van der Waals surface area contributed by atoms with Gasteiger partial charge in [0.25, 0.3) is 0 Å². The summed E-state index contributed by atoms with van der Waals surface area (Å²) in [5, 5.41) is 0. The first-order chi connectivity index (χ1) is 8.75. The van der Waals surface area contributed by atoms with Gasteiger partial charge in [-0.2, -0.15) is 0 Å². The van der Waals surface area contributed by atoms with Gasteiger partial charge in [-0.3, -0.25) is 4.57 Å². The average Bonchev–Trinajstić information content (AvgIpc) is 2.82. The van der Waals surface area contributed by atoms with E-state index in [0.717, 1.165) is 22.5 Å².